The van der Waals surface area contributed by atoms with Gasteiger partial charge in [0.25, 0.3) is 5.91 Å². The average Bonchev–Trinajstić information content (AvgIpc) is 2.75. The first kappa shape index (κ1) is 16.6. The van der Waals surface area contributed by atoms with Gasteiger partial charge in [0.2, 0.25) is 0 Å². The van der Waals surface area contributed by atoms with Gasteiger partial charge in [-0.3, -0.25) is 14.7 Å². The van der Waals surface area contributed by atoms with E-state index in [1.54, 1.807) is 6.92 Å². The predicted molar refractivity (Wildman–Crippen MR) is 85.5 cm³/mol. The first-order chi connectivity index (χ1) is 10.5. The Morgan fingerprint density at radius 2 is 2.00 bits per heavy atom. The second-order valence-electron chi connectivity index (χ2n) is 6.21. The number of hydrogen-bond donors (Lipinski definition) is 2. The van der Waals surface area contributed by atoms with Crippen LogP contribution in [0.25, 0.3) is 0 Å². The van der Waals surface area contributed by atoms with E-state index in [-0.39, 0.29) is 11.9 Å². The SMILES string of the molecule is CCC1(C)NC(=O)N(CCCN=C(N)N2CCCCC2)C1=O. The molecule has 7 heteroatoms. The maximum absolute atomic E-state index is 12.2. The van der Waals surface area contributed by atoms with Crippen LogP contribution in [-0.2, 0) is 4.79 Å². The van der Waals surface area contributed by atoms with Crippen LogP contribution in [0.2, 0.25) is 0 Å². The first-order valence-electron chi connectivity index (χ1n) is 8.17. The third-order valence-electron chi connectivity index (χ3n) is 4.55. The highest BCUT2D eigenvalue weighted by molar-refractivity contribution is 6.06. The fraction of sp³-hybridized carbons (Fsp3) is 0.800. The average molecular weight is 309 g/mol. The highest BCUT2D eigenvalue weighted by Crippen LogP contribution is 2.20. The number of piperidine rings is 1. The second-order valence-corrected chi connectivity index (χ2v) is 6.21. The summed E-state index contributed by atoms with van der Waals surface area (Å²) < 4.78 is 0. The van der Waals surface area contributed by atoms with Crippen LogP contribution in [0.1, 0.15) is 46.0 Å². The first-order valence-corrected chi connectivity index (χ1v) is 8.17. The zero-order chi connectivity index (χ0) is 16.2. The van der Waals surface area contributed by atoms with E-state index in [2.05, 4.69) is 15.2 Å². The zero-order valence-corrected chi connectivity index (χ0v) is 13.6. The molecule has 2 rings (SSSR count). The normalized spacial score (nSPS) is 26.5. The van der Waals surface area contributed by atoms with Crippen LogP contribution in [0, 0.1) is 0 Å². The minimum absolute atomic E-state index is 0.145. The molecule has 124 valence electrons. The van der Waals surface area contributed by atoms with Gasteiger partial charge < -0.3 is 16.0 Å². The molecule has 0 aromatic heterocycles. The van der Waals surface area contributed by atoms with Crippen LogP contribution in [0.4, 0.5) is 4.79 Å². The van der Waals surface area contributed by atoms with Gasteiger partial charge in [0.15, 0.2) is 5.96 Å². The Bertz CT molecular complexity index is 459. The van der Waals surface area contributed by atoms with Gasteiger partial charge in [-0.1, -0.05) is 6.92 Å². The number of imide groups is 1. The Labute approximate surface area is 131 Å². The van der Waals surface area contributed by atoms with Gasteiger partial charge in [-0.2, -0.15) is 0 Å². The zero-order valence-electron chi connectivity index (χ0n) is 13.6. The number of hydrogen-bond acceptors (Lipinski definition) is 3. The molecule has 1 unspecified atom stereocenters. The molecule has 0 saturated carbocycles. The van der Waals surface area contributed by atoms with Crippen molar-refractivity contribution in [1.29, 1.82) is 0 Å². The quantitative estimate of drug-likeness (QED) is 0.342. The van der Waals surface area contributed by atoms with E-state index in [1.807, 2.05) is 6.92 Å². The lowest BCUT2D eigenvalue weighted by molar-refractivity contribution is -0.130. The van der Waals surface area contributed by atoms with Gasteiger partial charge in [-0.15, -0.1) is 0 Å². The van der Waals surface area contributed by atoms with Gasteiger partial charge in [-0.25, -0.2) is 4.79 Å². The number of nitrogens with one attached hydrogen (secondary N) is 1. The van der Waals surface area contributed by atoms with Gasteiger partial charge in [0.1, 0.15) is 5.54 Å². The molecule has 2 aliphatic rings. The molecule has 0 aliphatic carbocycles. The summed E-state index contributed by atoms with van der Waals surface area (Å²) in [5.41, 5.74) is 5.22. The number of likely N-dealkylation sites (tertiary alicyclic amines) is 1. The number of amides is 3. The maximum atomic E-state index is 12.2. The van der Waals surface area contributed by atoms with Crippen molar-refractivity contribution < 1.29 is 9.59 Å². The van der Waals surface area contributed by atoms with Crippen LogP contribution in [-0.4, -0.2) is 59.4 Å². The molecule has 3 N–H and O–H groups in total. The summed E-state index contributed by atoms with van der Waals surface area (Å²) >= 11 is 0. The van der Waals surface area contributed by atoms with Crippen molar-refractivity contribution in [2.75, 3.05) is 26.2 Å². The van der Waals surface area contributed by atoms with Crippen LogP contribution < -0.4 is 11.1 Å². The monoisotopic (exact) mass is 309 g/mol. The fourth-order valence-electron chi connectivity index (χ4n) is 2.84. The van der Waals surface area contributed by atoms with Crippen molar-refractivity contribution in [2.24, 2.45) is 10.7 Å². The molecule has 22 heavy (non-hydrogen) atoms. The van der Waals surface area contributed by atoms with E-state index >= 15 is 0 Å². The highest BCUT2D eigenvalue weighted by Gasteiger charge is 2.45. The Morgan fingerprint density at radius 3 is 2.59 bits per heavy atom. The molecule has 2 aliphatic heterocycles. The van der Waals surface area contributed by atoms with Gasteiger partial charge in [0, 0.05) is 26.2 Å². The lowest BCUT2D eigenvalue weighted by atomic mass is 9.99. The number of urea groups is 1. The molecule has 0 aromatic rings. The number of rotatable bonds is 5. The summed E-state index contributed by atoms with van der Waals surface area (Å²) in [4.78, 5) is 31.8. The predicted octanol–water partition coefficient (Wildman–Crippen LogP) is 0.898. The van der Waals surface area contributed by atoms with Crippen molar-refractivity contribution in [3.8, 4) is 0 Å². The lowest BCUT2D eigenvalue weighted by Crippen LogP contribution is -2.43. The van der Waals surface area contributed by atoms with E-state index in [0.29, 0.717) is 31.9 Å². The van der Waals surface area contributed by atoms with Crippen molar-refractivity contribution in [1.82, 2.24) is 15.1 Å². The third-order valence-corrected chi connectivity index (χ3v) is 4.55. The Balaban J connectivity index is 1.79. The molecule has 0 bridgehead atoms. The molecular weight excluding hydrogens is 282 g/mol. The van der Waals surface area contributed by atoms with Crippen LogP contribution >= 0.6 is 0 Å². The number of aliphatic imine (C=N–C) groups is 1. The van der Waals surface area contributed by atoms with Crippen LogP contribution in [0.5, 0.6) is 0 Å². The topological polar surface area (TPSA) is 91.0 Å². The molecule has 0 aromatic carbocycles. The largest absolute Gasteiger partial charge is 0.370 e. The Hall–Kier alpha value is -1.79. The van der Waals surface area contributed by atoms with E-state index < -0.39 is 5.54 Å². The van der Waals surface area contributed by atoms with E-state index in [1.165, 1.54) is 11.3 Å². The molecule has 0 spiro atoms. The molecule has 2 saturated heterocycles. The summed E-state index contributed by atoms with van der Waals surface area (Å²) in [7, 11) is 0. The minimum atomic E-state index is -0.757. The third kappa shape index (κ3) is 3.51. The summed E-state index contributed by atoms with van der Waals surface area (Å²) in [6.45, 7) is 6.51. The lowest BCUT2D eigenvalue weighted by Gasteiger charge is -2.27. The van der Waals surface area contributed by atoms with Crippen molar-refractivity contribution in [2.45, 2.75) is 51.5 Å². The summed E-state index contributed by atoms with van der Waals surface area (Å²) in [6, 6.07) is -0.303. The molecule has 2 fully saturated rings. The Kier molecular flexibility index (Phi) is 5.26. The highest BCUT2D eigenvalue weighted by atomic mass is 16.2. The molecule has 2 heterocycles. The molecule has 1 atom stereocenters. The molecule has 0 radical (unpaired) electrons. The minimum Gasteiger partial charge on any atom is -0.370 e. The maximum Gasteiger partial charge on any atom is 0.325 e. The molecular formula is C15H27N5O2. The van der Waals surface area contributed by atoms with Gasteiger partial charge in [0.05, 0.1) is 0 Å². The Morgan fingerprint density at radius 1 is 1.32 bits per heavy atom. The van der Waals surface area contributed by atoms with Gasteiger partial charge >= 0.3 is 6.03 Å². The second kappa shape index (κ2) is 6.98. The van der Waals surface area contributed by atoms with Crippen molar-refractivity contribution in [3.05, 3.63) is 0 Å². The molecule has 3 amide bonds. The fourth-order valence-corrected chi connectivity index (χ4v) is 2.84. The number of nitrogens with zero attached hydrogens (tertiary/aromatic N) is 3. The molecule has 7 nitrogen and oxygen atoms in total. The smallest absolute Gasteiger partial charge is 0.325 e. The summed E-state index contributed by atoms with van der Waals surface area (Å²) in [5.74, 6) is 0.434. The standard InChI is InChI=1S/C15H27N5O2/c1-3-15(2)12(21)20(14(22)18-15)11-7-8-17-13(16)19-9-5-4-6-10-19/h3-11H2,1-2H3,(H2,16,17)(H,18,22). The summed E-state index contributed by atoms with van der Waals surface area (Å²) in [5, 5.41) is 2.75. The van der Waals surface area contributed by atoms with Gasteiger partial charge in [-0.05, 0) is 39.0 Å². The number of guanidine groups is 1. The van der Waals surface area contributed by atoms with E-state index in [9.17, 15) is 9.59 Å². The van der Waals surface area contributed by atoms with Crippen molar-refractivity contribution in [3.63, 3.8) is 0 Å². The summed E-state index contributed by atoms with van der Waals surface area (Å²) in [6.07, 6.45) is 4.80. The van der Waals surface area contributed by atoms with Crippen LogP contribution in [0.3, 0.4) is 0 Å². The van der Waals surface area contributed by atoms with Crippen LogP contribution in [0.15, 0.2) is 4.99 Å². The number of carbonyl (C=O) groups excluding carboxylic acids is 2. The number of carbonyl (C=O) groups is 2. The van der Waals surface area contributed by atoms with Crippen molar-refractivity contribution >= 4 is 17.9 Å². The van der Waals surface area contributed by atoms with E-state index in [0.717, 1.165) is 25.9 Å². The van der Waals surface area contributed by atoms with E-state index in [4.69, 9.17) is 5.73 Å². The number of nitrogens with two attached hydrogens (primary N) is 1.